The van der Waals surface area contributed by atoms with Crippen LogP contribution >= 0.6 is 23.5 Å². The molecule has 27 heteroatoms. The average Bonchev–Trinajstić information content (AvgIpc) is 3.09. The monoisotopic (exact) mass is 672 g/mol. The lowest BCUT2D eigenvalue weighted by Crippen LogP contribution is -2.36. The van der Waals surface area contributed by atoms with Crippen LogP contribution in [0.1, 0.15) is 17.4 Å². The quantitative estimate of drug-likeness (QED) is 0.117. The summed E-state index contributed by atoms with van der Waals surface area (Å²) in [6.45, 7) is -1.44. The molecule has 0 saturated carbocycles. The Morgan fingerprint density at radius 1 is 0.929 bits per heavy atom. The summed E-state index contributed by atoms with van der Waals surface area (Å²) in [4.78, 5) is 79.6. The minimum Gasteiger partial charge on any atom is -0.391 e. The number of aromatic amines is 1. The maximum absolute atomic E-state index is 11.8. The zero-order chi connectivity index (χ0) is 32.6. The van der Waals surface area contributed by atoms with Crippen molar-refractivity contribution in [3.63, 3.8) is 0 Å². The third-order valence-electron chi connectivity index (χ3n) is 4.56. The van der Waals surface area contributed by atoms with Crippen molar-refractivity contribution in [3.8, 4) is 0 Å². The van der Waals surface area contributed by atoms with Gasteiger partial charge in [0.05, 0.1) is 19.8 Å². The molecule has 42 heavy (non-hydrogen) atoms. The first-order chi connectivity index (χ1) is 19.1. The van der Waals surface area contributed by atoms with Gasteiger partial charge in [-0.3, -0.25) is 14.1 Å². The first kappa shape index (κ1) is 37.6. The Balaban J connectivity index is 0.000000382. The minimum atomic E-state index is -5.05. The van der Waals surface area contributed by atoms with E-state index in [1.54, 1.807) is 0 Å². The molecular weight excluding hydrogens is 645 g/mol. The highest BCUT2D eigenvalue weighted by Crippen LogP contribution is 2.53. The smallest absolute Gasteiger partial charge is 0.391 e. The number of aromatic nitrogens is 4. The van der Waals surface area contributed by atoms with E-state index in [0.29, 0.717) is 5.56 Å². The van der Waals surface area contributed by atoms with E-state index in [9.17, 15) is 33.5 Å². The standard InChI is InChI=1S/C10H16N3O9P.C5H7N3O2.H4O7P2/c11-8-4(2-14)1-13(10(17)12-8)9-7(16)6(15)5(22-9)3-21-23(18,19)20;6-4-3(2-9)1-7-5(10)8-4;1-8(2,3)7-9(4,5)6/h1,5-7,9,14-16H,2-3H2,(H2,11,12,17)(H2,18,19,20);1,9H,2H2,(H3,6,7,8,10);(H2,1,2,3)(H2,4,5,6)/t5-,6-,7-,9-;;/m1../s1. The van der Waals surface area contributed by atoms with Gasteiger partial charge >= 0.3 is 34.8 Å². The van der Waals surface area contributed by atoms with Crippen LogP contribution in [0.15, 0.2) is 22.0 Å². The van der Waals surface area contributed by atoms with E-state index in [1.807, 2.05) is 0 Å². The van der Waals surface area contributed by atoms with Gasteiger partial charge in [0.25, 0.3) is 0 Å². The van der Waals surface area contributed by atoms with Crippen molar-refractivity contribution < 1.29 is 77.1 Å². The summed E-state index contributed by atoms with van der Waals surface area (Å²) in [7, 11) is -14.9. The molecule has 0 aliphatic carbocycles. The summed E-state index contributed by atoms with van der Waals surface area (Å²) >= 11 is 0. The molecule has 0 radical (unpaired) electrons. The highest BCUT2D eigenvalue weighted by atomic mass is 31.3. The molecule has 2 aromatic rings. The maximum atomic E-state index is 11.8. The van der Waals surface area contributed by atoms with Crippen LogP contribution in [0.5, 0.6) is 0 Å². The fourth-order valence-corrected chi connectivity index (χ4v) is 4.24. The van der Waals surface area contributed by atoms with Crippen LogP contribution in [-0.2, 0) is 40.5 Å². The molecule has 3 heterocycles. The van der Waals surface area contributed by atoms with E-state index >= 15 is 0 Å². The summed E-state index contributed by atoms with van der Waals surface area (Å²) in [6.07, 6.45) is -3.47. The minimum absolute atomic E-state index is 0.102. The molecule has 0 spiro atoms. The number of rotatable bonds is 8. The Kier molecular flexibility index (Phi) is 13.7. The van der Waals surface area contributed by atoms with Crippen LogP contribution in [-0.4, -0.2) is 94.2 Å². The van der Waals surface area contributed by atoms with Gasteiger partial charge in [-0.15, -0.1) is 0 Å². The van der Waals surface area contributed by atoms with Crippen LogP contribution < -0.4 is 22.8 Å². The highest BCUT2D eigenvalue weighted by molar-refractivity contribution is 7.60. The average molecular weight is 672 g/mol. The second-order valence-corrected chi connectivity index (χ2v) is 11.5. The first-order valence-corrected chi connectivity index (χ1v) is 15.1. The normalized spacial score (nSPS) is 20.7. The summed E-state index contributed by atoms with van der Waals surface area (Å²) in [5.41, 5.74) is 9.85. The van der Waals surface area contributed by atoms with E-state index < -0.39 is 72.6 Å². The predicted octanol–water partition coefficient (Wildman–Crippen LogP) is -4.92. The molecule has 2 aromatic heterocycles. The number of nitrogens with zero attached hydrogens (tertiary/aromatic N) is 3. The number of H-pyrrole nitrogens is 1. The fourth-order valence-electron chi connectivity index (χ4n) is 2.79. The van der Waals surface area contributed by atoms with Gasteiger partial charge < -0.3 is 66.0 Å². The van der Waals surface area contributed by atoms with Crippen LogP contribution in [0, 0.1) is 0 Å². The van der Waals surface area contributed by atoms with Crippen molar-refractivity contribution in [1.82, 2.24) is 19.5 Å². The number of aliphatic hydroxyl groups excluding tert-OH is 4. The van der Waals surface area contributed by atoms with Gasteiger partial charge in [0, 0.05) is 23.5 Å². The number of nitrogen functional groups attached to an aromatic ring is 2. The van der Waals surface area contributed by atoms with Gasteiger partial charge in [-0.25, -0.2) is 28.3 Å². The molecule has 1 fully saturated rings. The molecule has 240 valence electrons. The Morgan fingerprint density at radius 2 is 1.48 bits per heavy atom. The number of nitrogens with one attached hydrogen (secondary N) is 1. The number of ether oxygens (including phenoxy) is 1. The molecule has 3 rings (SSSR count). The van der Waals surface area contributed by atoms with Gasteiger partial charge in [0.1, 0.15) is 29.9 Å². The van der Waals surface area contributed by atoms with Crippen LogP contribution in [0.4, 0.5) is 11.6 Å². The topological polar surface area (TPSA) is 414 Å². The number of aliphatic hydroxyl groups is 4. The highest BCUT2D eigenvalue weighted by Gasteiger charge is 2.45. The number of phosphoric ester groups is 1. The number of anilines is 2. The van der Waals surface area contributed by atoms with E-state index in [-0.39, 0.29) is 23.8 Å². The second-order valence-electron chi connectivity index (χ2n) is 7.68. The van der Waals surface area contributed by atoms with Gasteiger partial charge in [-0.2, -0.15) is 9.29 Å². The molecule has 0 bridgehead atoms. The molecule has 0 amide bonds. The molecule has 1 saturated heterocycles. The molecule has 24 nitrogen and oxygen atoms in total. The Morgan fingerprint density at radius 3 is 1.90 bits per heavy atom. The van der Waals surface area contributed by atoms with E-state index in [4.69, 9.17) is 55.8 Å². The first-order valence-electron chi connectivity index (χ1n) is 10.6. The number of nitrogens with two attached hydrogens (primary N) is 2. The summed E-state index contributed by atoms with van der Waals surface area (Å²) in [6, 6.07) is 0. The Labute approximate surface area is 232 Å². The van der Waals surface area contributed by atoms with Crippen molar-refractivity contribution >= 4 is 35.1 Å². The molecular formula is C15H27N6O18P3. The number of hydrogen-bond donors (Lipinski definition) is 13. The lowest BCUT2D eigenvalue weighted by Gasteiger charge is -2.18. The molecule has 0 unspecified atom stereocenters. The summed E-state index contributed by atoms with van der Waals surface area (Å²) in [5, 5.41) is 37.5. The van der Waals surface area contributed by atoms with Crippen molar-refractivity contribution in [3.05, 3.63) is 44.5 Å². The molecule has 1 aliphatic rings. The molecule has 4 atom stereocenters. The van der Waals surface area contributed by atoms with E-state index in [1.165, 1.54) is 6.20 Å². The largest absolute Gasteiger partial charge is 0.478 e. The van der Waals surface area contributed by atoms with Crippen molar-refractivity contribution in [2.45, 2.75) is 37.8 Å². The third-order valence-corrected chi connectivity index (χ3v) is 6.75. The van der Waals surface area contributed by atoms with Crippen molar-refractivity contribution in [2.75, 3.05) is 18.1 Å². The maximum Gasteiger partial charge on any atom is 0.478 e. The summed E-state index contributed by atoms with van der Waals surface area (Å²) in [5.74, 6) is -0.0225. The predicted molar refractivity (Wildman–Crippen MR) is 133 cm³/mol. The van der Waals surface area contributed by atoms with E-state index in [0.717, 1.165) is 10.8 Å². The molecule has 0 aromatic carbocycles. The Hall–Kier alpha value is -2.47. The fraction of sp³-hybridized carbons (Fsp3) is 0.467. The molecule has 1 aliphatic heterocycles. The third kappa shape index (κ3) is 12.8. The van der Waals surface area contributed by atoms with Crippen molar-refractivity contribution in [2.24, 2.45) is 0 Å². The molecule has 15 N–H and O–H groups in total. The van der Waals surface area contributed by atoms with Crippen LogP contribution in [0.3, 0.4) is 0 Å². The second kappa shape index (κ2) is 15.3. The van der Waals surface area contributed by atoms with Gasteiger partial charge in [0.15, 0.2) is 6.23 Å². The zero-order valence-electron chi connectivity index (χ0n) is 20.7. The lowest BCUT2D eigenvalue weighted by molar-refractivity contribution is -0.0544. The number of phosphoric acid groups is 3. The van der Waals surface area contributed by atoms with E-state index in [2.05, 4.69) is 23.8 Å². The Bertz CT molecular complexity index is 1430. The van der Waals surface area contributed by atoms with Gasteiger partial charge in [-0.1, -0.05) is 0 Å². The van der Waals surface area contributed by atoms with Crippen LogP contribution in [0.25, 0.3) is 0 Å². The van der Waals surface area contributed by atoms with Gasteiger partial charge in [0.2, 0.25) is 0 Å². The van der Waals surface area contributed by atoms with Crippen LogP contribution in [0.2, 0.25) is 0 Å². The number of hydrogen-bond acceptors (Lipinski definition) is 16. The summed E-state index contributed by atoms with van der Waals surface area (Å²) < 4.78 is 43.1. The lowest BCUT2D eigenvalue weighted by atomic mass is 10.1. The zero-order valence-corrected chi connectivity index (χ0v) is 23.3. The van der Waals surface area contributed by atoms with Gasteiger partial charge in [-0.05, 0) is 0 Å². The SMILES string of the molecule is Nc1[nH]c(=O)ncc1CO.Nc1nc(=O)n([C@@H]2O[C@H](COP(=O)(O)O)[C@@H](O)[C@H]2O)cc1CO.O=P(O)(O)OP(=O)(O)O. The van der Waals surface area contributed by atoms with Crippen molar-refractivity contribution in [1.29, 1.82) is 0 Å².